The molecule has 160 valence electrons. The van der Waals surface area contributed by atoms with Crippen molar-refractivity contribution in [3.05, 3.63) is 77.5 Å². The number of rotatable bonds is 7. The third-order valence-electron chi connectivity index (χ3n) is 4.46. The Kier molecular flexibility index (Phi) is 6.16. The molecule has 2 aromatic carbocycles. The van der Waals surface area contributed by atoms with Gasteiger partial charge in [-0.2, -0.15) is 0 Å². The molecule has 31 heavy (non-hydrogen) atoms. The van der Waals surface area contributed by atoms with Gasteiger partial charge in [0.2, 0.25) is 5.76 Å². The first kappa shape index (κ1) is 20.5. The van der Waals surface area contributed by atoms with E-state index in [0.717, 1.165) is 6.42 Å². The molecule has 0 atom stereocenters. The maximum absolute atomic E-state index is 12.9. The zero-order valence-corrected chi connectivity index (χ0v) is 16.5. The van der Waals surface area contributed by atoms with E-state index in [1.165, 1.54) is 30.3 Å². The van der Waals surface area contributed by atoms with Gasteiger partial charge in [0.1, 0.15) is 23.9 Å². The molecule has 0 unspecified atom stereocenters. The smallest absolute Gasteiger partial charge is 0.374 e. The molecule has 1 aliphatic rings. The van der Waals surface area contributed by atoms with Gasteiger partial charge in [-0.15, -0.1) is 0 Å². The largest absolute Gasteiger partial charge is 0.490 e. The Morgan fingerprint density at radius 1 is 0.935 bits per heavy atom. The van der Waals surface area contributed by atoms with Crippen molar-refractivity contribution >= 4 is 11.8 Å². The van der Waals surface area contributed by atoms with E-state index in [1.807, 2.05) is 0 Å². The third kappa shape index (κ3) is 5.22. The van der Waals surface area contributed by atoms with E-state index in [9.17, 15) is 14.0 Å². The summed E-state index contributed by atoms with van der Waals surface area (Å²) in [5.74, 6) is 0.351. The minimum absolute atomic E-state index is 0.0506. The van der Waals surface area contributed by atoms with E-state index in [0.29, 0.717) is 41.8 Å². The molecule has 0 aliphatic carbocycles. The van der Waals surface area contributed by atoms with Crippen LogP contribution in [0.25, 0.3) is 0 Å². The Morgan fingerprint density at radius 3 is 2.52 bits per heavy atom. The van der Waals surface area contributed by atoms with Crippen molar-refractivity contribution < 1.29 is 37.3 Å². The molecule has 3 aromatic rings. The minimum atomic E-state index is -0.768. The number of carbonyl (C=O) groups is 2. The zero-order chi connectivity index (χ0) is 21.6. The Morgan fingerprint density at radius 2 is 1.71 bits per heavy atom. The van der Waals surface area contributed by atoms with Crippen molar-refractivity contribution in [3.63, 3.8) is 0 Å². The van der Waals surface area contributed by atoms with Crippen LogP contribution in [0, 0.1) is 5.82 Å². The van der Waals surface area contributed by atoms with Crippen LogP contribution in [-0.2, 0) is 11.3 Å². The summed E-state index contributed by atoms with van der Waals surface area (Å²) >= 11 is 0. The molecule has 0 saturated carbocycles. The molecule has 1 aliphatic heterocycles. The Hall–Kier alpha value is -3.81. The first-order chi connectivity index (χ1) is 15.1. The van der Waals surface area contributed by atoms with Gasteiger partial charge >= 0.3 is 5.97 Å². The average Bonchev–Trinajstić information content (AvgIpc) is 3.14. The molecule has 1 aromatic heterocycles. The van der Waals surface area contributed by atoms with Gasteiger partial charge in [-0.3, -0.25) is 4.79 Å². The van der Waals surface area contributed by atoms with Crippen molar-refractivity contribution in [1.29, 1.82) is 0 Å². The number of ether oxygens (including phenoxy) is 4. The highest BCUT2D eigenvalue weighted by Gasteiger charge is 2.18. The lowest BCUT2D eigenvalue weighted by Crippen LogP contribution is -2.14. The number of esters is 1. The molecule has 0 N–H and O–H groups in total. The van der Waals surface area contributed by atoms with Gasteiger partial charge in [0, 0.05) is 12.0 Å². The fourth-order valence-corrected chi connectivity index (χ4v) is 2.87. The molecule has 7 nitrogen and oxygen atoms in total. The van der Waals surface area contributed by atoms with Crippen LogP contribution in [0.2, 0.25) is 0 Å². The molecule has 0 radical (unpaired) electrons. The van der Waals surface area contributed by atoms with Crippen molar-refractivity contribution in [2.45, 2.75) is 13.0 Å². The Bertz CT molecular complexity index is 1070. The van der Waals surface area contributed by atoms with E-state index >= 15 is 0 Å². The number of Topliss-reactive ketones (excluding diaryl/α,β-unsaturated/α-hetero) is 1. The number of carbonyl (C=O) groups excluding carboxylic acids is 2. The summed E-state index contributed by atoms with van der Waals surface area (Å²) in [6.45, 7) is 0.666. The highest BCUT2D eigenvalue weighted by molar-refractivity contribution is 5.99. The van der Waals surface area contributed by atoms with Gasteiger partial charge < -0.3 is 23.4 Å². The van der Waals surface area contributed by atoms with Crippen LogP contribution in [0.15, 0.2) is 59.0 Å². The highest BCUT2D eigenvalue weighted by atomic mass is 19.1. The number of furan rings is 1. The van der Waals surface area contributed by atoms with Crippen molar-refractivity contribution in [2.75, 3.05) is 19.8 Å². The van der Waals surface area contributed by atoms with Gasteiger partial charge in [-0.25, -0.2) is 9.18 Å². The fourth-order valence-electron chi connectivity index (χ4n) is 2.87. The van der Waals surface area contributed by atoms with E-state index < -0.39 is 12.6 Å². The number of fused-ring (bicyclic) bond motifs is 1. The predicted molar refractivity (Wildman–Crippen MR) is 106 cm³/mol. The summed E-state index contributed by atoms with van der Waals surface area (Å²) < 4.78 is 39.9. The second kappa shape index (κ2) is 9.34. The lowest BCUT2D eigenvalue weighted by atomic mass is 10.1. The molecule has 4 rings (SSSR count). The normalized spacial score (nSPS) is 12.7. The van der Waals surface area contributed by atoms with Gasteiger partial charge in [-0.05, 0) is 54.6 Å². The van der Waals surface area contributed by atoms with Crippen LogP contribution in [0.4, 0.5) is 4.39 Å². The lowest BCUT2D eigenvalue weighted by Gasteiger charge is -2.09. The van der Waals surface area contributed by atoms with Gasteiger partial charge in [0.25, 0.3) is 0 Å². The summed E-state index contributed by atoms with van der Waals surface area (Å²) in [7, 11) is 0. The van der Waals surface area contributed by atoms with Crippen molar-refractivity contribution in [1.82, 2.24) is 0 Å². The van der Waals surface area contributed by atoms with E-state index in [2.05, 4.69) is 0 Å². The third-order valence-corrected chi connectivity index (χ3v) is 4.46. The molecule has 0 bridgehead atoms. The predicted octanol–water partition coefficient (Wildman–Crippen LogP) is 4.20. The van der Waals surface area contributed by atoms with Crippen LogP contribution in [0.5, 0.6) is 17.2 Å². The van der Waals surface area contributed by atoms with E-state index in [-0.39, 0.29) is 24.0 Å². The maximum Gasteiger partial charge on any atom is 0.374 e. The summed E-state index contributed by atoms with van der Waals surface area (Å²) in [4.78, 5) is 24.6. The maximum atomic E-state index is 12.9. The molecule has 0 spiro atoms. The first-order valence-electron chi connectivity index (χ1n) is 9.65. The molecule has 0 amide bonds. The standard InChI is InChI=1S/C23H19FO7/c24-16-3-5-17(6-4-16)29-13-18-7-9-21(31-18)23(26)30-14-19(25)15-2-8-20-22(12-15)28-11-1-10-27-20/h2-9,12H,1,10-11,13-14H2. The number of halogens is 1. The van der Waals surface area contributed by atoms with Crippen molar-refractivity contribution in [3.8, 4) is 17.2 Å². The van der Waals surface area contributed by atoms with Crippen LogP contribution >= 0.6 is 0 Å². The van der Waals surface area contributed by atoms with Gasteiger partial charge in [-0.1, -0.05) is 0 Å². The van der Waals surface area contributed by atoms with E-state index in [1.54, 1.807) is 24.3 Å². The minimum Gasteiger partial charge on any atom is -0.490 e. The van der Waals surface area contributed by atoms with Crippen LogP contribution in [0.1, 0.15) is 33.1 Å². The molecule has 0 fully saturated rings. The second-order valence-corrected chi connectivity index (χ2v) is 6.72. The quantitative estimate of drug-likeness (QED) is 0.414. The Balaban J connectivity index is 1.30. The second-order valence-electron chi connectivity index (χ2n) is 6.72. The number of hydrogen-bond donors (Lipinski definition) is 0. The molecule has 8 heteroatoms. The lowest BCUT2D eigenvalue weighted by molar-refractivity contribution is 0.0440. The average molecular weight is 426 g/mol. The summed E-state index contributed by atoms with van der Waals surface area (Å²) in [5.41, 5.74) is 0.352. The monoisotopic (exact) mass is 426 g/mol. The molecular weight excluding hydrogens is 407 g/mol. The molecule has 0 saturated heterocycles. The fraction of sp³-hybridized carbons (Fsp3) is 0.217. The Labute approximate surface area is 177 Å². The highest BCUT2D eigenvalue weighted by Crippen LogP contribution is 2.30. The van der Waals surface area contributed by atoms with Gasteiger partial charge in [0.05, 0.1) is 13.2 Å². The van der Waals surface area contributed by atoms with Crippen molar-refractivity contribution in [2.24, 2.45) is 0 Å². The first-order valence-corrected chi connectivity index (χ1v) is 9.65. The SMILES string of the molecule is O=C(COC(=O)c1ccc(COc2ccc(F)cc2)o1)c1ccc2c(c1)OCCCO2. The summed E-state index contributed by atoms with van der Waals surface area (Å²) in [6, 6.07) is 13.4. The van der Waals surface area contributed by atoms with Crippen LogP contribution in [0.3, 0.4) is 0 Å². The van der Waals surface area contributed by atoms with Crippen LogP contribution < -0.4 is 14.2 Å². The number of benzene rings is 2. The number of ketones is 1. The van der Waals surface area contributed by atoms with E-state index in [4.69, 9.17) is 23.4 Å². The summed E-state index contributed by atoms with van der Waals surface area (Å²) in [5, 5.41) is 0. The number of hydrogen-bond acceptors (Lipinski definition) is 7. The van der Waals surface area contributed by atoms with Gasteiger partial charge in [0.15, 0.2) is 23.9 Å². The molecular formula is C23H19FO7. The molecule has 2 heterocycles. The van der Waals surface area contributed by atoms with Crippen LogP contribution in [-0.4, -0.2) is 31.6 Å². The topological polar surface area (TPSA) is 84.2 Å². The summed E-state index contributed by atoms with van der Waals surface area (Å²) in [6.07, 6.45) is 0.760. The zero-order valence-electron chi connectivity index (χ0n) is 16.5.